The number of halogens is 1. The summed E-state index contributed by atoms with van der Waals surface area (Å²) in [7, 11) is 0. The fraction of sp³-hybridized carbons (Fsp3) is 0.538. The zero-order chi connectivity index (χ0) is 14.4. The largest absolute Gasteiger partial charge is 0.481 e. The van der Waals surface area contributed by atoms with Gasteiger partial charge in [-0.05, 0) is 48.7 Å². The Kier molecular flexibility index (Phi) is 6.08. The molecule has 0 bridgehead atoms. The van der Waals surface area contributed by atoms with Gasteiger partial charge in [-0.15, -0.1) is 0 Å². The van der Waals surface area contributed by atoms with Crippen LogP contribution in [0.3, 0.4) is 0 Å². The predicted molar refractivity (Wildman–Crippen MR) is 76.3 cm³/mol. The zero-order valence-corrected chi connectivity index (χ0v) is 12.7. The van der Waals surface area contributed by atoms with Crippen LogP contribution < -0.4 is 5.32 Å². The van der Waals surface area contributed by atoms with Crippen molar-refractivity contribution in [1.82, 2.24) is 9.88 Å². The number of carbonyl (C=O) groups is 2. The van der Waals surface area contributed by atoms with Crippen LogP contribution in [-0.2, 0) is 4.79 Å². The molecule has 2 N–H and O–H groups in total. The van der Waals surface area contributed by atoms with E-state index in [1.54, 1.807) is 6.07 Å². The molecule has 1 amide bonds. The van der Waals surface area contributed by atoms with E-state index in [9.17, 15) is 9.59 Å². The van der Waals surface area contributed by atoms with Gasteiger partial charge in [0.15, 0.2) is 0 Å². The minimum absolute atomic E-state index is 0.130. The van der Waals surface area contributed by atoms with Gasteiger partial charge in [0, 0.05) is 29.7 Å². The number of amides is 1. The number of hydrogen-bond acceptors (Lipinski definition) is 2. The van der Waals surface area contributed by atoms with Crippen molar-refractivity contribution in [2.24, 2.45) is 0 Å². The van der Waals surface area contributed by atoms with E-state index in [0.717, 1.165) is 4.47 Å². The van der Waals surface area contributed by atoms with Crippen molar-refractivity contribution in [3.8, 4) is 0 Å². The topological polar surface area (TPSA) is 71.3 Å². The number of nitrogens with one attached hydrogen (secondary N) is 1. The average molecular weight is 331 g/mol. The Bertz CT molecular complexity index is 455. The van der Waals surface area contributed by atoms with Crippen LogP contribution in [0.25, 0.3) is 0 Å². The van der Waals surface area contributed by atoms with Crippen molar-refractivity contribution in [3.05, 3.63) is 22.4 Å². The molecule has 0 aliphatic rings. The lowest BCUT2D eigenvalue weighted by Crippen LogP contribution is -2.27. The van der Waals surface area contributed by atoms with Crippen molar-refractivity contribution in [3.63, 3.8) is 0 Å². The second kappa shape index (κ2) is 7.33. The maximum Gasteiger partial charge on any atom is 0.303 e. The summed E-state index contributed by atoms with van der Waals surface area (Å²) in [6.07, 6.45) is 3.26. The number of rotatable bonds is 7. The van der Waals surface area contributed by atoms with E-state index in [-0.39, 0.29) is 18.4 Å². The van der Waals surface area contributed by atoms with Crippen LogP contribution in [0.15, 0.2) is 16.7 Å². The Morgan fingerprint density at radius 2 is 2.11 bits per heavy atom. The molecular weight excluding hydrogens is 312 g/mol. The molecule has 19 heavy (non-hydrogen) atoms. The van der Waals surface area contributed by atoms with Crippen LogP contribution in [0.1, 0.15) is 49.6 Å². The molecule has 0 radical (unpaired) electrons. The third kappa shape index (κ3) is 5.06. The molecule has 5 nitrogen and oxygen atoms in total. The molecule has 6 heteroatoms. The maximum absolute atomic E-state index is 12.0. The minimum atomic E-state index is -0.802. The summed E-state index contributed by atoms with van der Waals surface area (Å²) >= 11 is 3.36. The first-order chi connectivity index (χ1) is 8.91. The fourth-order valence-electron chi connectivity index (χ4n) is 1.75. The Morgan fingerprint density at radius 3 is 2.68 bits per heavy atom. The molecule has 0 aliphatic carbocycles. The van der Waals surface area contributed by atoms with Gasteiger partial charge in [-0.3, -0.25) is 9.59 Å². The lowest BCUT2D eigenvalue weighted by Gasteiger charge is -2.12. The normalized spacial score (nSPS) is 10.7. The van der Waals surface area contributed by atoms with E-state index in [0.29, 0.717) is 25.1 Å². The van der Waals surface area contributed by atoms with Gasteiger partial charge in [-0.2, -0.15) is 0 Å². The standard InChI is InChI=1S/C13H19BrN2O3/c1-9(2)16-8-10(14)7-11(16)13(19)15-6-4-3-5-12(17)18/h7-9H,3-6H2,1-2H3,(H,15,19)(H,17,18). The molecule has 0 saturated carbocycles. The number of carboxylic acids is 1. The molecule has 1 aromatic rings. The van der Waals surface area contributed by atoms with Crippen molar-refractivity contribution >= 4 is 27.8 Å². The molecule has 0 aromatic carbocycles. The summed E-state index contributed by atoms with van der Waals surface area (Å²) in [5.41, 5.74) is 0.611. The second-order valence-corrected chi connectivity index (χ2v) is 5.57. The predicted octanol–water partition coefficient (Wildman–Crippen LogP) is 2.82. The second-order valence-electron chi connectivity index (χ2n) is 4.65. The summed E-state index contributed by atoms with van der Waals surface area (Å²) in [4.78, 5) is 22.4. The molecule has 106 valence electrons. The first kappa shape index (κ1) is 15.8. The van der Waals surface area contributed by atoms with E-state index in [2.05, 4.69) is 21.2 Å². The van der Waals surface area contributed by atoms with E-state index in [1.165, 1.54) is 0 Å². The molecule has 1 aromatic heterocycles. The summed E-state index contributed by atoms with van der Waals surface area (Å²) in [6, 6.07) is 1.99. The van der Waals surface area contributed by atoms with Crippen LogP contribution in [0.2, 0.25) is 0 Å². The molecular formula is C13H19BrN2O3. The summed E-state index contributed by atoms with van der Waals surface area (Å²) in [5.74, 6) is -0.932. The van der Waals surface area contributed by atoms with Crippen LogP contribution in [0.5, 0.6) is 0 Å². The Labute approximate surface area is 121 Å². The monoisotopic (exact) mass is 330 g/mol. The minimum Gasteiger partial charge on any atom is -0.481 e. The summed E-state index contributed by atoms with van der Waals surface area (Å²) < 4.78 is 2.77. The Hall–Kier alpha value is -1.30. The van der Waals surface area contributed by atoms with Crippen molar-refractivity contribution in [1.29, 1.82) is 0 Å². The average Bonchev–Trinajstić information content (AvgIpc) is 2.70. The first-order valence-electron chi connectivity index (χ1n) is 6.29. The number of nitrogens with zero attached hydrogens (tertiary/aromatic N) is 1. The van der Waals surface area contributed by atoms with Gasteiger partial charge in [0.25, 0.3) is 5.91 Å². The third-order valence-electron chi connectivity index (χ3n) is 2.71. The van der Waals surface area contributed by atoms with Gasteiger partial charge in [-0.25, -0.2) is 0 Å². The van der Waals surface area contributed by atoms with Gasteiger partial charge in [0.2, 0.25) is 0 Å². The highest BCUT2D eigenvalue weighted by Crippen LogP contribution is 2.19. The molecule has 0 unspecified atom stereocenters. The zero-order valence-electron chi connectivity index (χ0n) is 11.1. The number of hydrogen-bond donors (Lipinski definition) is 2. The van der Waals surface area contributed by atoms with Gasteiger partial charge in [-0.1, -0.05) is 0 Å². The molecule has 0 aliphatic heterocycles. The van der Waals surface area contributed by atoms with Crippen LogP contribution >= 0.6 is 15.9 Å². The SMILES string of the molecule is CC(C)n1cc(Br)cc1C(=O)NCCCCC(=O)O. The van der Waals surface area contributed by atoms with Crippen molar-refractivity contribution in [2.45, 2.75) is 39.2 Å². The number of unbranched alkanes of at least 4 members (excludes halogenated alkanes) is 1. The summed E-state index contributed by atoms with van der Waals surface area (Å²) in [6.45, 7) is 4.51. The van der Waals surface area contributed by atoms with E-state index < -0.39 is 5.97 Å². The number of carbonyl (C=O) groups excluding carboxylic acids is 1. The Balaban J connectivity index is 2.47. The highest BCUT2D eigenvalue weighted by atomic mass is 79.9. The fourth-order valence-corrected chi connectivity index (χ4v) is 2.19. The third-order valence-corrected chi connectivity index (χ3v) is 3.14. The van der Waals surface area contributed by atoms with Crippen LogP contribution in [0.4, 0.5) is 0 Å². The smallest absolute Gasteiger partial charge is 0.303 e. The molecule has 0 saturated heterocycles. The molecule has 1 rings (SSSR count). The molecule has 0 atom stereocenters. The first-order valence-corrected chi connectivity index (χ1v) is 7.08. The Morgan fingerprint density at radius 1 is 1.42 bits per heavy atom. The quantitative estimate of drug-likeness (QED) is 0.755. The van der Waals surface area contributed by atoms with E-state index >= 15 is 0 Å². The molecule has 0 spiro atoms. The van der Waals surface area contributed by atoms with Crippen molar-refractivity contribution < 1.29 is 14.7 Å². The van der Waals surface area contributed by atoms with E-state index in [4.69, 9.17) is 5.11 Å². The van der Waals surface area contributed by atoms with Gasteiger partial charge >= 0.3 is 5.97 Å². The van der Waals surface area contributed by atoms with Gasteiger partial charge in [0.05, 0.1) is 0 Å². The summed E-state index contributed by atoms with van der Waals surface area (Å²) in [5, 5.41) is 11.3. The van der Waals surface area contributed by atoms with Gasteiger partial charge < -0.3 is 15.0 Å². The van der Waals surface area contributed by atoms with Gasteiger partial charge in [0.1, 0.15) is 5.69 Å². The van der Waals surface area contributed by atoms with Crippen LogP contribution in [-0.4, -0.2) is 28.1 Å². The molecule has 1 heterocycles. The number of aromatic nitrogens is 1. The number of carboxylic acid groups (broad SMARTS) is 1. The van der Waals surface area contributed by atoms with E-state index in [1.807, 2.05) is 24.6 Å². The lowest BCUT2D eigenvalue weighted by molar-refractivity contribution is -0.137. The highest BCUT2D eigenvalue weighted by Gasteiger charge is 2.14. The van der Waals surface area contributed by atoms with Crippen molar-refractivity contribution in [2.75, 3.05) is 6.54 Å². The lowest BCUT2D eigenvalue weighted by atomic mass is 10.2. The maximum atomic E-state index is 12.0. The van der Waals surface area contributed by atoms with Crippen LogP contribution in [0, 0.1) is 0 Å². The molecule has 0 fully saturated rings. The highest BCUT2D eigenvalue weighted by molar-refractivity contribution is 9.10. The number of aliphatic carboxylic acids is 1.